The van der Waals surface area contributed by atoms with Crippen LogP contribution in [0, 0.1) is 0 Å². The van der Waals surface area contributed by atoms with Gasteiger partial charge in [-0.1, -0.05) is 37.8 Å². The van der Waals surface area contributed by atoms with E-state index in [1.54, 1.807) is 30.3 Å². The second-order valence-electron chi connectivity index (χ2n) is 6.61. The molecule has 27 heavy (non-hydrogen) atoms. The number of amides is 1. The highest BCUT2D eigenvalue weighted by molar-refractivity contribution is 6.07. The van der Waals surface area contributed by atoms with Crippen molar-refractivity contribution >= 4 is 23.4 Å². The quantitative estimate of drug-likeness (QED) is 0.618. The van der Waals surface area contributed by atoms with Crippen LogP contribution >= 0.6 is 0 Å². The van der Waals surface area contributed by atoms with Crippen LogP contribution in [0.4, 0.5) is 11.5 Å². The smallest absolute Gasteiger partial charge is 0.339 e. The molecule has 1 amide bonds. The van der Waals surface area contributed by atoms with Gasteiger partial charge in [0.15, 0.2) is 0 Å². The third-order valence-corrected chi connectivity index (χ3v) is 4.69. The summed E-state index contributed by atoms with van der Waals surface area (Å²) in [6, 6.07) is 8.71. The number of para-hydroxylation sites is 1. The van der Waals surface area contributed by atoms with Gasteiger partial charge in [-0.15, -0.1) is 0 Å². The highest BCUT2D eigenvalue weighted by atomic mass is 16.5. The van der Waals surface area contributed by atoms with E-state index in [-0.39, 0.29) is 5.69 Å². The van der Waals surface area contributed by atoms with Crippen LogP contribution in [0.1, 0.15) is 59.4 Å². The van der Waals surface area contributed by atoms with Gasteiger partial charge in [-0.25, -0.2) is 14.8 Å². The summed E-state index contributed by atoms with van der Waals surface area (Å²) in [5, 5.41) is 6.14. The summed E-state index contributed by atoms with van der Waals surface area (Å²) in [6.45, 7) is 0. The van der Waals surface area contributed by atoms with Gasteiger partial charge >= 0.3 is 5.97 Å². The van der Waals surface area contributed by atoms with E-state index in [0.29, 0.717) is 23.1 Å². The van der Waals surface area contributed by atoms with Gasteiger partial charge in [-0.3, -0.25) is 4.79 Å². The van der Waals surface area contributed by atoms with Gasteiger partial charge in [0, 0.05) is 12.1 Å². The maximum Gasteiger partial charge on any atom is 0.339 e. The normalized spacial score (nSPS) is 14.9. The number of rotatable bonds is 5. The van der Waals surface area contributed by atoms with E-state index in [1.807, 2.05) is 0 Å². The van der Waals surface area contributed by atoms with Crippen LogP contribution in [0.25, 0.3) is 0 Å². The van der Waals surface area contributed by atoms with E-state index in [9.17, 15) is 9.59 Å². The molecule has 1 aromatic heterocycles. The van der Waals surface area contributed by atoms with Crippen LogP contribution in [-0.4, -0.2) is 35.0 Å². The Morgan fingerprint density at radius 3 is 2.56 bits per heavy atom. The van der Waals surface area contributed by atoms with Crippen molar-refractivity contribution in [3.8, 4) is 0 Å². The van der Waals surface area contributed by atoms with Crippen molar-refractivity contribution < 1.29 is 14.3 Å². The molecular formula is C20H24N4O3. The Labute approximate surface area is 158 Å². The van der Waals surface area contributed by atoms with Gasteiger partial charge in [0.25, 0.3) is 5.91 Å². The Bertz CT molecular complexity index is 801. The lowest BCUT2D eigenvalue weighted by Crippen LogP contribution is -2.21. The molecule has 1 saturated carbocycles. The largest absolute Gasteiger partial charge is 0.465 e. The third-order valence-electron chi connectivity index (χ3n) is 4.69. The maximum absolute atomic E-state index is 12.6. The minimum atomic E-state index is -0.510. The first-order chi connectivity index (χ1) is 13.2. The molecule has 0 spiro atoms. The molecule has 7 nitrogen and oxygen atoms in total. The summed E-state index contributed by atoms with van der Waals surface area (Å²) < 4.78 is 4.75. The number of nitrogens with one attached hydrogen (secondary N) is 2. The molecule has 2 aromatic rings. The summed E-state index contributed by atoms with van der Waals surface area (Å²) >= 11 is 0. The fourth-order valence-corrected chi connectivity index (χ4v) is 3.26. The summed E-state index contributed by atoms with van der Waals surface area (Å²) in [7, 11) is 1.30. The molecule has 142 valence electrons. The first kappa shape index (κ1) is 18.8. The van der Waals surface area contributed by atoms with Crippen molar-refractivity contribution in [3.63, 3.8) is 0 Å². The second kappa shape index (κ2) is 9.12. The maximum atomic E-state index is 12.6. The van der Waals surface area contributed by atoms with Crippen LogP contribution in [-0.2, 0) is 4.74 Å². The molecule has 1 heterocycles. The average molecular weight is 368 g/mol. The Morgan fingerprint density at radius 1 is 1.07 bits per heavy atom. The molecule has 0 atom stereocenters. The highest BCUT2D eigenvalue weighted by Crippen LogP contribution is 2.21. The van der Waals surface area contributed by atoms with Crippen LogP contribution < -0.4 is 10.6 Å². The van der Waals surface area contributed by atoms with E-state index < -0.39 is 11.9 Å². The zero-order chi connectivity index (χ0) is 19.1. The summed E-state index contributed by atoms with van der Waals surface area (Å²) in [4.78, 5) is 32.7. The van der Waals surface area contributed by atoms with Crippen molar-refractivity contribution in [1.82, 2.24) is 9.97 Å². The fraction of sp³-hybridized carbons (Fsp3) is 0.400. The van der Waals surface area contributed by atoms with Crippen LogP contribution in [0.15, 0.2) is 36.7 Å². The Morgan fingerprint density at radius 2 is 1.81 bits per heavy atom. The number of hydrogen-bond donors (Lipinski definition) is 2. The minimum absolute atomic E-state index is 0.237. The number of nitrogens with zero attached hydrogens (tertiary/aromatic N) is 2. The third kappa shape index (κ3) is 5.03. The Balaban J connectivity index is 1.71. The molecule has 1 aromatic carbocycles. The molecule has 0 bridgehead atoms. The molecule has 0 unspecified atom stereocenters. The van der Waals surface area contributed by atoms with Gasteiger partial charge in [0.1, 0.15) is 17.8 Å². The van der Waals surface area contributed by atoms with Gasteiger partial charge in [-0.05, 0) is 25.0 Å². The van der Waals surface area contributed by atoms with E-state index in [0.717, 1.165) is 12.8 Å². The lowest BCUT2D eigenvalue weighted by molar-refractivity contribution is 0.0602. The van der Waals surface area contributed by atoms with Crippen molar-refractivity contribution in [2.45, 2.75) is 44.6 Å². The number of ether oxygens (including phenoxy) is 1. The minimum Gasteiger partial charge on any atom is -0.465 e. The van der Waals surface area contributed by atoms with Gasteiger partial charge < -0.3 is 15.4 Å². The Hall–Kier alpha value is -2.96. The number of esters is 1. The molecule has 1 fully saturated rings. The first-order valence-electron chi connectivity index (χ1n) is 9.24. The number of carbonyl (C=O) groups is 2. The SMILES string of the molecule is COC(=O)c1ccccc1NC(=O)c1cc(NC2CCCCCC2)ncn1. The monoisotopic (exact) mass is 368 g/mol. The van der Waals surface area contributed by atoms with E-state index >= 15 is 0 Å². The number of hydrogen-bond acceptors (Lipinski definition) is 6. The van der Waals surface area contributed by atoms with Crippen LogP contribution in [0.5, 0.6) is 0 Å². The van der Waals surface area contributed by atoms with Crippen molar-refractivity contribution in [2.75, 3.05) is 17.7 Å². The van der Waals surface area contributed by atoms with Crippen LogP contribution in [0.2, 0.25) is 0 Å². The summed E-state index contributed by atoms with van der Waals surface area (Å²) in [5.41, 5.74) is 0.909. The number of methoxy groups -OCH3 is 1. The molecule has 3 rings (SSSR count). The number of carbonyl (C=O) groups excluding carboxylic acids is 2. The molecule has 0 radical (unpaired) electrons. The van der Waals surface area contributed by atoms with Gasteiger partial charge in [0.05, 0.1) is 18.4 Å². The highest BCUT2D eigenvalue weighted by Gasteiger charge is 2.17. The molecule has 1 aliphatic rings. The topological polar surface area (TPSA) is 93.2 Å². The zero-order valence-electron chi connectivity index (χ0n) is 15.4. The van der Waals surface area contributed by atoms with Crippen molar-refractivity contribution in [1.29, 1.82) is 0 Å². The summed E-state index contributed by atoms with van der Waals surface area (Å²) in [6.07, 6.45) is 8.56. The van der Waals surface area contributed by atoms with E-state index in [2.05, 4.69) is 20.6 Å². The molecule has 0 aliphatic heterocycles. The molecule has 7 heteroatoms. The standard InChI is InChI=1S/C20H24N4O3/c1-27-20(26)15-10-6-7-11-16(15)24-19(25)17-12-18(22-13-21-17)23-14-8-4-2-3-5-9-14/h6-7,10-14H,2-5,8-9H2,1H3,(H,24,25)(H,21,22,23). The van der Waals surface area contributed by atoms with E-state index in [1.165, 1.54) is 39.1 Å². The number of anilines is 2. The van der Waals surface area contributed by atoms with Crippen LogP contribution in [0.3, 0.4) is 0 Å². The predicted molar refractivity (Wildman–Crippen MR) is 103 cm³/mol. The van der Waals surface area contributed by atoms with Gasteiger partial charge in [0.2, 0.25) is 0 Å². The summed E-state index contributed by atoms with van der Waals surface area (Å²) in [5.74, 6) is -0.273. The average Bonchev–Trinajstić information content (AvgIpc) is 2.96. The zero-order valence-corrected chi connectivity index (χ0v) is 15.4. The van der Waals surface area contributed by atoms with Gasteiger partial charge in [-0.2, -0.15) is 0 Å². The number of aromatic nitrogens is 2. The molecule has 2 N–H and O–H groups in total. The molecule has 1 aliphatic carbocycles. The predicted octanol–water partition coefficient (Wildman–Crippen LogP) is 3.65. The molecular weight excluding hydrogens is 344 g/mol. The molecule has 0 saturated heterocycles. The van der Waals surface area contributed by atoms with Crippen molar-refractivity contribution in [2.24, 2.45) is 0 Å². The number of benzene rings is 1. The lowest BCUT2D eigenvalue weighted by Gasteiger charge is -2.17. The first-order valence-corrected chi connectivity index (χ1v) is 9.24. The lowest BCUT2D eigenvalue weighted by atomic mass is 10.1. The van der Waals surface area contributed by atoms with Crippen molar-refractivity contribution in [3.05, 3.63) is 47.9 Å². The van der Waals surface area contributed by atoms with E-state index in [4.69, 9.17) is 4.74 Å². The Kier molecular flexibility index (Phi) is 6.35. The second-order valence-corrected chi connectivity index (χ2v) is 6.61. The fourth-order valence-electron chi connectivity index (χ4n) is 3.26.